The summed E-state index contributed by atoms with van der Waals surface area (Å²) in [6, 6.07) is 7.42. The van der Waals surface area contributed by atoms with Gasteiger partial charge < -0.3 is 0 Å². The molecule has 0 aliphatic carbocycles. The predicted molar refractivity (Wildman–Crippen MR) is 112 cm³/mol. The molecule has 6 nitrogen and oxygen atoms in total. The fourth-order valence-electron chi connectivity index (χ4n) is 3.10. The molecular weight excluding hydrogens is 836 g/mol. The van der Waals surface area contributed by atoms with E-state index in [2.05, 4.69) is 29.5 Å². The Kier molecular flexibility index (Phi) is 11.1. The topological polar surface area (TPSA) is 74.3 Å². The van der Waals surface area contributed by atoms with Crippen LogP contribution in [0, 0.1) is 0 Å². The second kappa shape index (κ2) is 12.9. The molecular formula is C20H22F3N4O2SVW2-. The summed E-state index contributed by atoms with van der Waals surface area (Å²) in [5.74, 6) is -3.95. The van der Waals surface area contributed by atoms with Crippen molar-refractivity contribution in [3.63, 3.8) is 0 Å². The number of carbonyl (C=O) groups excluding carboxylic acids is 2. The van der Waals surface area contributed by atoms with Gasteiger partial charge in [-0.1, -0.05) is 6.92 Å². The molecule has 0 spiro atoms. The second-order valence-electron chi connectivity index (χ2n) is 7.35. The molecule has 1 aromatic carbocycles. The van der Waals surface area contributed by atoms with E-state index in [0.717, 1.165) is 53.0 Å². The Balaban J connectivity index is 0.000000890. The zero-order valence-corrected chi connectivity index (χ0v) is 25.9. The van der Waals surface area contributed by atoms with Crippen molar-refractivity contribution in [3.05, 3.63) is 36.0 Å². The number of anilines is 1. The van der Waals surface area contributed by atoms with Crippen LogP contribution >= 0.6 is 0 Å². The molecule has 179 valence electrons. The Morgan fingerprint density at radius 3 is 2.58 bits per heavy atom. The van der Waals surface area contributed by atoms with E-state index >= 15 is 0 Å². The van der Waals surface area contributed by atoms with E-state index in [1.807, 2.05) is 35.2 Å². The first kappa shape index (κ1) is 28.6. The van der Waals surface area contributed by atoms with E-state index in [0.29, 0.717) is 16.5 Å². The molecule has 2 heterocycles. The van der Waals surface area contributed by atoms with Crippen LogP contribution in [0.3, 0.4) is 0 Å². The van der Waals surface area contributed by atoms with E-state index in [1.54, 1.807) is 6.07 Å². The molecule has 3 rings (SSSR count). The van der Waals surface area contributed by atoms with Gasteiger partial charge in [0.05, 0.1) is 0 Å². The SMILES string of the molecule is CCC(C)Nc1ccc2nccc(C(=O)NCC(=O)N3CC(F)(F)C[C]3=[V])c2c1.F[S-](=[W])=[W]. The van der Waals surface area contributed by atoms with Crippen molar-refractivity contribution in [2.75, 3.05) is 18.4 Å². The molecule has 0 radical (unpaired) electrons. The molecule has 1 atom stereocenters. The molecule has 1 fully saturated rings. The molecule has 2 amide bonds. The molecule has 1 unspecified atom stereocenters. The maximum atomic E-state index is 13.5. The number of halogens is 3. The average molecular weight is 858 g/mol. The fourth-order valence-corrected chi connectivity index (χ4v) is 3.75. The predicted octanol–water partition coefficient (Wildman–Crippen LogP) is 3.13. The first-order valence-corrected chi connectivity index (χ1v) is 18.7. The van der Waals surface area contributed by atoms with Gasteiger partial charge in [0.1, 0.15) is 0 Å². The molecule has 1 saturated heterocycles. The van der Waals surface area contributed by atoms with E-state index in [4.69, 9.17) is 0 Å². The van der Waals surface area contributed by atoms with Gasteiger partial charge in [-0.3, -0.25) is 0 Å². The van der Waals surface area contributed by atoms with Crippen molar-refractivity contribution in [1.29, 1.82) is 0 Å². The van der Waals surface area contributed by atoms with Gasteiger partial charge in [0, 0.05) is 0 Å². The van der Waals surface area contributed by atoms with Gasteiger partial charge in [-0.25, -0.2) is 0 Å². The minimum absolute atomic E-state index is 0.247. The number of hydrogen-bond acceptors (Lipinski definition) is 5. The molecule has 33 heavy (non-hydrogen) atoms. The number of benzene rings is 1. The maximum absolute atomic E-state index is 13.5. The van der Waals surface area contributed by atoms with Crippen LogP contribution in [-0.4, -0.2) is 51.1 Å². The summed E-state index contributed by atoms with van der Waals surface area (Å²) in [7, 11) is 0. The first-order chi connectivity index (χ1) is 15.4. The van der Waals surface area contributed by atoms with E-state index in [9.17, 15) is 22.3 Å². The number of aromatic nitrogens is 1. The molecule has 1 aliphatic heterocycles. The van der Waals surface area contributed by atoms with Crippen molar-refractivity contribution in [2.24, 2.45) is 0 Å². The van der Waals surface area contributed by atoms with E-state index in [1.165, 1.54) is 6.20 Å². The number of amides is 2. The number of nitrogens with one attached hydrogen (secondary N) is 2. The van der Waals surface area contributed by atoms with E-state index in [-0.39, 0.29) is 16.9 Å². The van der Waals surface area contributed by atoms with Gasteiger partial charge in [0.25, 0.3) is 0 Å². The van der Waals surface area contributed by atoms with Gasteiger partial charge in [-0.15, -0.1) is 0 Å². The summed E-state index contributed by atoms with van der Waals surface area (Å²) < 4.78 is 38.3. The summed E-state index contributed by atoms with van der Waals surface area (Å²) >= 11 is 4.15. The van der Waals surface area contributed by atoms with Crippen LogP contribution < -0.4 is 10.6 Å². The van der Waals surface area contributed by atoms with Gasteiger partial charge in [-0.2, -0.15) is 0 Å². The Morgan fingerprint density at radius 1 is 1.33 bits per heavy atom. The average Bonchev–Trinajstić information content (AvgIpc) is 3.03. The zero-order valence-electron chi connectivity index (χ0n) is 17.8. The van der Waals surface area contributed by atoms with Crippen LogP contribution in [0.5, 0.6) is 0 Å². The normalized spacial score (nSPS) is 15.7. The number of likely N-dealkylation sites (tertiary alicyclic amines) is 1. The Bertz CT molecular complexity index is 1130. The summed E-state index contributed by atoms with van der Waals surface area (Å²) in [5.41, 5.74) is 1.20. The number of fused-ring (bicyclic) bond motifs is 1. The number of hydrogen-bond donors (Lipinski definition) is 2. The van der Waals surface area contributed by atoms with Crippen LogP contribution in [0.15, 0.2) is 30.5 Å². The van der Waals surface area contributed by atoms with Crippen molar-refractivity contribution in [1.82, 2.24) is 15.2 Å². The van der Waals surface area contributed by atoms with Crippen LogP contribution in [0.25, 0.3) is 10.9 Å². The van der Waals surface area contributed by atoms with Gasteiger partial charge in [0.15, 0.2) is 0 Å². The minimum atomic E-state index is -2.93. The van der Waals surface area contributed by atoms with Crippen LogP contribution in [0.4, 0.5) is 18.4 Å². The Morgan fingerprint density at radius 2 is 2.00 bits per heavy atom. The van der Waals surface area contributed by atoms with Crippen LogP contribution in [-0.2, 0) is 63.4 Å². The number of pyridine rings is 1. The second-order valence-corrected chi connectivity index (χ2v) is 24.7. The number of alkyl halides is 2. The molecule has 2 aromatic rings. The molecule has 0 saturated carbocycles. The molecule has 1 aliphatic rings. The third-order valence-corrected chi connectivity index (χ3v) is 5.45. The van der Waals surface area contributed by atoms with Gasteiger partial charge in [-0.05, 0) is 13.3 Å². The first-order valence-electron chi connectivity index (χ1n) is 9.85. The monoisotopic (exact) mass is 858 g/mol. The summed E-state index contributed by atoms with van der Waals surface area (Å²) in [4.78, 5) is 30.3. The molecule has 13 heteroatoms. The Labute approximate surface area is 220 Å². The van der Waals surface area contributed by atoms with E-state index < -0.39 is 36.4 Å². The zero-order chi connectivity index (χ0) is 24.8. The van der Waals surface area contributed by atoms with Crippen LogP contribution in [0.1, 0.15) is 37.0 Å². The summed E-state index contributed by atoms with van der Waals surface area (Å²) in [6.07, 6.45) is 2.01. The number of nitrogens with zero attached hydrogens (tertiary/aromatic N) is 2. The third-order valence-electron chi connectivity index (χ3n) is 4.83. The van der Waals surface area contributed by atoms with Crippen molar-refractivity contribution >= 4 is 38.4 Å². The summed E-state index contributed by atoms with van der Waals surface area (Å²) in [5, 5.41) is 6.55. The standard InChI is InChI=1S/C20H22F2N4O2.FS.V.2W/c1-3-13(2)25-14-4-5-17-16(10-14)15(6-8-23-17)19(28)24-11-18(27)26-9-7-20(21,22)12-26;1-2;;;/h4-6,8,10,13,25H,3,7,11-12H2,1-2H3,(H,24,28);;;;/q;-1;;;. The van der Waals surface area contributed by atoms with Gasteiger partial charge in [0.2, 0.25) is 0 Å². The van der Waals surface area contributed by atoms with Crippen LogP contribution in [0.2, 0.25) is 0 Å². The van der Waals surface area contributed by atoms with Crippen molar-refractivity contribution < 1.29 is 75.2 Å². The molecule has 2 N–H and O–H groups in total. The number of rotatable bonds is 6. The third kappa shape index (κ3) is 8.81. The van der Waals surface area contributed by atoms with Crippen molar-refractivity contribution in [2.45, 2.75) is 38.7 Å². The molecule has 0 bridgehead atoms. The van der Waals surface area contributed by atoms with Gasteiger partial charge >= 0.3 is 202 Å². The fraction of sp³-hybridized carbons (Fsp3) is 0.400. The Hall–Kier alpha value is -0.659. The number of carbonyl (C=O) groups is 2. The quantitative estimate of drug-likeness (QED) is 0.439. The molecule has 1 aromatic heterocycles. The van der Waals surface area contributed by atoms with Crippen molar-refractivity contribution in [3.8, 4) is 0 Å². The summed E-state index contributed by atoms with van der Waals surface area (Å²) in [6.45, 7) is 3.12.